The molecule has 1 nitrogen and oxygen atoms in total. The number of thiocarbonyl (C=S) groups is 1. The Morgan fingerprint density at radius 3 is 2.26 bits per heavy atom. The average Bonchev–Trinajstić information content (AvgIpc) is 2.49. The van der Waals surface area contributed by atoms with Gasteiger partial charge in [-0.3, -0.25) is 0 Å². The van der Waals surface area contributed by atoms with Gasteiger partial charge in [-0.15, -0.1) is 11.8 Å². The summed E-state index contributed by atoms with van der Waals surface area (Å²) in [6.07, 6.45) is 1.10. The molecule has 0 radical (unpaired) electrons. The molecule has 0 heterocycles. The van der Waals surface area contributed by atoms with Gasteiger partial charge in [0.25, 0.3) is 0 Å². The zero-order chi connectivity index (χ0) is 13.3. The average molecular weight is 287 g/mol. The summed E-state index contributed by atoms with van der Waals surface area (Å²) < 4.78 is 0. The Morgan fingerprint density at radius 1 is 0.947 bits per heavy atom. The normalized spacial score (nSPS) is 10.1. The molecule has 1 N–H and O–H groups in total. The van der Waals surface area contributed by atoms with Crippen molar-refractivity contribution in [3.8, 4) is 0 Å². The highest BCUT2D eigenvalue weighted by molar-refractivity contribution is 7.99. The molecule has 2 rings (SSSR count). The van der Waals surface area contributed by atoms with E-state index in [0.717, 1.165) is 29.3 Å². The van der Waals surface area contributed by atoms with Gasteiger partial charge in [0.15, 0.2) is 0 Å². The van der Waals surface area contributed by atoms with E-state index < -0.39 is 0 Å². The van der Waals surface area contributed by atoms with Crippen LogP contribution in [0.3, 0.4) is 0 Å². The third kappa shape index (κ3) is 5.05. The molecule has 2 aromatic carbocycles. The Balaban J connectivity index is 1.63. The molecule has 0 bridgehead atoms. The van der Waals surface area contributed by atoms with E-state index in [1.165, 1.54) is 4.90 Å². The summed E-state index contributed by atoms with van der Waals surface area (Å²) in [6, 6.07) is 20.6. The van der Waals surface area contributed by atoms with Crippen molar-refractivity contribution in [1.29, 1.82) is 0 Å². The van der Waals surface area contributed by atoms with Crippen LogP contribution < -0.4 is 5.32 Å². The third-order valence-electron chi connectivity index (χ3n) is 2.65. The molecule has 0 unspecified atom stereocenters. The van der Waals surface area contributed by atoms with Crippen LogP contribution in [0.15, 0.2) is 65.6 Å². The van der Waals surface area contributed by atoms with Gasteiger partial charge in [0.2, 0.25) is 0 Å². The van der Waals surface area contributed by atoms with E-state index in [2.05, 4.69) is 29.6 Å². The molecular weight excluding hydrogens is 270 g/mol. The van der Waals surface area contributed by atoms with E-state index in [1.54, 1.807) is 0 Å². The summed E-state index contributed by atoms with van der Waals surface area (Å²) in [5.41, 5.74) is 1.09. The van der Waals surface area contributed by atoms with Crippen molar-refractivity contribution in [3.05, 3.63) is 66.2 Å². The molecule has 0 saturated carbocycles. The predicted octanol–water partition coefficient (Wildman–Crippen LogP) is 4.13. The van der Waals surface area contributed by atoms with E-state index in [9.17, 15) is 0 Å². The van der Waals surface area contributed by atoms with Crippen LogP contribution in [0.25, 0.3) is 0 Å². The number of hydrogen-bond donors (Lipinski definition) is 1. The molecule has 2 aromatic rings. The van der Waals surface area contributed by atoms with Crippen LogP contribution in [0.5, 0.6) is 0 Å². The highest BCUT2D eigenvalue weighted by Gasteiger charge is 1.98. The zero-order valence-electron chi connectivity index (χ0n) is 10.7. The first-order valence-electron chi connectivity index (χ1n) is 6.37. The van der Waals surface area contributed by atoms with Gasteiger partial charge >= 0.3 is 0 Å². The Hall–Kier alpha value is -1.32. The lowest BCUT2D eigenvalue weighted by Gasteiger charge is -2.07. The van der Waals surface area contributed by atoms with Crippen molar-refractivity contribution in [2.24, 2.45) is 0 Å². The second-order valence-corrected chi connectivity index (χ2v) is 5.71. The van der Waals surface area contributed by atoms with Gasteiger partial charge in [-0.1, -0.05) is 60.7 Å². The van der Waals surface area contributed by atoms with Crippen LogP contribution in [-0.4, -0.2) is 17.3 Å². The fourth-order valence-corrected chi connectivity index (χ4v) is 2.78. The van der Waals surface area contributed by atoms with Crippen molar-refractivity contribution < 1.29 is 0 Å². The lowest BCUT2D eigenvalue weighted by molar-refractivity contribution is 0.856. The molecule has 19 heavy (non-hydrogen) atoms. The Bertz CT molecular complexity index is 497. The van der Waals surface area contributed by atoms with Crippen molar-refractivity contribution in [1.82, 2.24) is 5.32 Å². The highest BCUT2D eigenvalue weighted by Crippen LogP contribution is 2.17. The summed E-state index contributed by atoms with van der Waals surface area (Å²) in [5.74, 6) is 1.11. The zero-order valence-corrected chi connectivity index (χ0v) is 12.3. The van der Waals surface area contributed by atoms with Crippen LogP contribution in [0.4, 0.5) is 0 Å². The van der Waals surface area contributed by atoms with E-state index in [4.69, 9.17) is 12.2 Å². The maximum Gasteiger partial charge on any atom is 0.106 e. The van der Waals surface area contributed by atoms with Crippen LogP contribution in [0, 0.1) is 0 Å². The first-order chi connectivity index (χ1) is 9.36. The van der Waals surface area contributed by atoms with E-state index in [1.807, 2.05) is 48.2 Å². The molecule has 0 fully saturated rings. The molecule has 0 saturated heterocycles. The van der Waals surface area contributed by atoms with Crippen molar-refractivity contribution in [3.63, 3.8) is 0 Å². The smallest absolute Gasteiger partial charge is 0.106 e. The minimum atomic E-state index is 0.838. The lowest BCUT2D eigenvalue weighted by Crippen LogP contribution is -2.23. The Labute approximate surface area is 124 Å². The molecule has 0 aliphatic heterocycles. The van der Waals surface area contributed by atoms with Crippen molar-refractivity contribution in [2.75, 3.05) is 12.3 Å². The summed E-state index contributed by atoms with van der Waals surface area (Å²) in [5, 5.41) is 3.30. The minimum Gasteiger partial charge on any atom is -0.376 e. The third-order valence-corrected chi connectivity index (χ3v) is 4.13. The van der Waals surface area contributed by atoms with Gasteiger partial charge in [0, 0.05) is 17.0 Å². The van der Waals surface area contributed by atoms with Crippen LogP contribution in [0.2, 0.25) is 0 Å². The standard InChI is InChI=1S/C16H17NS2/c18-16(14-8-3-1-4-9-14)17-12-7-13-19-15-10-5-2-6-11-15/h1-6,8-11H,7,12-13H2,(H,17,18). The monoisotopic (exact) mass is 287 g/mol. The van der Waals surface area contributed by atoms with Crippen LogP contribution >= 0.6 is 24.0 Å². The van der Waals surface area contributed by atoms with E-state index in [-0.39, 0.29) is 0 Å². The molecule has 0 spiro atoms. The SMILES string of the molecule is S=C(NCCCSc1ccccc1)c1ccccc1. The number of thioether (sulfide) groups is 1. The number of benzene rings is 2. The molecule has 0 aliphatic carbocycles. The van der Waals surface area contributed by atoms with Crippen LogP contribution in [0.1, 0.15) is 12.0 Å². The second kappa shape index (κ2) is 7.97. The number of nitrogens with one attached hydrogen (secondary N) is 1. The van der Waals surface area contributed by atoms with Crippen molar-refractivity contribution in [2.45, 2.75) is 11.3 Å². The van der Waals surface area contributed by atoms with Crippen molar-refractivity contribution >= 4 is 29.0 Å². The van der Waals surface area contributed by atoms with E-state index >= 15 is 0 Å². The number of hydrogen-bond acceptors (Lipinski definition) is 2. The van der Waals surface area contributed by atoms with Gasteiger partial charge in [-0.25, -0.2) is 0 Å². The van der Waals surface area contributed by atoms with Crippen LogP contribution in [-0.2, 0) is 0 Å². The molecule has 0 aromatic heterocycles. The van der Waals surface area contributed by atoms with Gasteiger partial charge < -0.3 is 5.32 Å². The molecular formula is C16H17NS2. The molecule has 0 amide bonds. The molecule has 98 valence electrons. The summed E-state index contributed by atoms with van der Waals surface area (Å²) in [6.45, 7) is 0.924. The topological polar surface area (TPSA) is 12.0 Å². The fraction of sp³-hybridized carbons (Fsp3) is 0.188. The lowest BCUT2D eigenvalue weighted by atomic mass is 10.2. The van der Waals surface area contributed by atoms with Gasteiger partial charge in [0.1, 0.15) is 4.99 Å². The first kappa shape index (κ1) is 14.1. The van der Waals surface area contributed by atoms with Gasteiger partial charge in [-0.05, 0) is 24.3 Å². The highest BCUT2D eigenvalue weighted by atomic mass is 32.2. The summed E-state index contributed by atoms with van der Waals surface area (Å²) in [7, 11) is 0. The largest absolute Gasteiger partial charge is 0.376 e. The fourth-order valence-electron chi connectivity index (χ4n) is 1.67. The quantitative estimate of drug-likeness (QED) is 0.487. The van der Waals surface area contributed by atoms with Gasteiger partial charge in [0.05, 0.1) is 0 Å². The Morgan fingerprint density at radius 2 is 1.58 bits per heavy atom. The second-order valence-electron chi connectivity index (χ2n) is 4.14. The Kier molecular flexibility index (Phi) is 5.92. The maximum atomic E-state index is 5.35. The molecule has 0 aliphatic rings. The molecule has 3 heteroatoms. The predicted molar refractivity (Wildman–Crippen MR) is 87.9 cm³/mol. The van der Waals surface area contributed by atoms with Gasteiger partial charge in [-0.2, -0.15) is 0 Å². The van der Waals surface area contributed by atoms with E-state index in [0.29, 0.717) is 0 Å². The number of rotatable bonds is 6. The minimum absolute atomic E-state index is 0.838. The molecule has 0 atom stereocenters. The summed E-state index contributed by atoms with van der Waals surface area (Å²) in [4.78, 5) is 2.17. The first-order valence-corrected chi connectivity index (χ1v) is 7.77. The maximum absolute atomic E-state index is 5.35. The summed E-state index contributed by atoms with van der Waals surface area (Å²) >= 11 is 7.23.